The fourth-order valence-corrected chi connectivity index (χ4v) is 4.34. The zero-order chi connectivity index (χ0) is 25.2. The summed E-state index contributed by atoms with van der Waals surface area (Å²) < 4.78 is 36.0. The summed E-state index contributed by atoms with van der Waals surface area (Å²) in [5.41, 5.74) is 5.99. The number of nitrogens with one attached hydrogen (secondary N) is 3. The first-order valence-corrected chi connectivity index (χ1v) is 12.9. The number of rotatable bonds is 14. The summed E-state index contributed by atoms with van der Waals surface area (Å²) in [5.74, 6) is -0.604. The molecule has 0 aliphatic rings. The average Bonchev–Trinajstić information content (AvgIpc) is 3.32. The van der Waals surface area contributed by atoms with Crippen LogP contribution >= 0.6 is 11.3 Å². The number of aromatic nitrogens is 2. The molecule has 0 saturated carbocycles. The van der Waals surface area contributed by atoms with Crippen molar-refractivity contribution in [1.82, 2.24) is 25.6 Å². The van der Waals surface area contributed by atoms with Crippen LogP contribution in [0.15, 0.2) is 34.7 Å². The number of hydrogen-bond donors (Lipinski definition) is 4. The zero-order valence-corrected chi connectivity index (χ0v) is 20.9. The van der Waals surface area contributed by atoms with Gasteiger partial charge in [-0.05, 0) is 13.8 Å². The van der Waals surface area contributed by atoms with Crippen molar-refractivity contribution in [3.05, 3.63) is 30.3 Å². The minimum atomic E-state index is -3.72. The van der Waals surface area contributed by atoms with Crippen molar-refractivity contribution in [1.29, 1.82) is 0 Å². The number of ether oxygens (including phenoxy) is 2. The fourth-order valence-electron chi connectivity index (χ4n) is 2.26. The van der Waals surface area contributed by atoms with Crippen molar-refractivity contribution in [3.63, 3.8) is 0 Å². The highest BCUT2D eigenvalue weighted by atomic mass is 32.2. The summed E-state index contributed by atoms with van der Waals surface area (Å²) in [6.07, 6.45) is 0. The van der Waals surface area contributed by atoms with Crippen molar-refractivity contribution in [2.45, 2.75) is 18.2 Å². The molecule has 0 spiro atoms. The molecule has 2 rings (SSSR count). The van der Waals surface area contributed by atoms with Crippen LogP contribution in [0.1, 0.15) is 13.8 Å². The van der Waals surface area contributed by atoms with E-state index in [0.717, 1.165) is 16.9 Å². The molecule has 0 atom stereocenters. The minimum Gasteiger partial charge on any atom is -0.465 e. The molecule has 0 unspecified atom stereocenters. The SMILES string of the molecule is CCOC(=O)CNCCN.CCOC(=O)CNCCNS(=O)(=O)c1nnc(-c2ccccc2)s1. The predicted octanol–water partition coefficient (Wildman–Crippen LogP) is -0.266. The van der Waals surface area contributed by atoms with Gasteiger partial charge in [-0.2, -0.15) is 0 Å². The van der Waals surface area contributed by atoms with Gasteiger partial charge in [0.2, 0.25) is 4.34 Å². The molecule has 0 aliphatic carbocycles. The Morgan fingerprint density at radius 2 is 1.53 bits per heavy atom. The maximum Gasteiger partial charge on any atom is 0.319 e. The van der Waals surface area contributed by atoms with Crippen LogP contribution in [0.25, 0.3) is 10.6 Å². The number of nitrogens with two attached hydrogens (primary N) is 1. The van der Waals surface area contributed by atoms with Crippen LogP contribution in [0, 0.1) is 0 Å². The van der Waals surface area contributed by atoms with Crippen molar-refractivity contribution >= 4 is 33.3 Å². The Hall–Kier alpha value is -2.49. The van der Waals surface area contributed by atoms with Crippen molar-refractivity contribution in [3.8, 4) is 10.6 Å². The highest BCUT2D eigenvalue weighted by molar-refractivity contribution is 7.91. The smallest absolute Gasteiger partial charge is 0.319 e. The van der Waals surface area contributed by atoms with Gasteiger partial charge in [0.25, 0.3) is 10.0 Å². The normalized spacial score (nSPS) is 10.8. The van der Waals surface area contributed by atoms with Crippen LogP contribution < -0.4 is 21.1 Å². The third-order valence-electron chi connectivity index (χ3n) is 3.72. The van der Waals surface area contributed by atoms with E-state index in [4.69, 9.17) is 10.5 Å². The second-order valence-electron chi connectivity index (χ2n) is 6.39. The molecule has 0 saturated heterocycles. The van der Waals surface area contributed by atoms with E-state index in [0.29, 0.717) is 37.9 Å². The first-order chi connectivity index (χ1) is 16.3. The maximum atomic E-state index is 12.2. The lowest BCUT2D eigenvalue weighted by molar-refractivity contribution is -0.142. The van der Waals surface area contributed by atoms with Crippen LogP contribution in [0.2, 0.25) is 0 Å². The average molecular weight is 517 g/mol. The molecule has 2 aromatic rings. The summed E-state index contributed by atoms with van der Waals surface area (Å²) in [7, 11) is -3.72. The Kier molecular flexibility index (Phi) is 14.8. The van der Waals surface area contributed by atoms with Gasteiger partial charge in [-0.25, -0.2) is 13.1 Å². The largest absolute Gasteiger partial charge is 0.465 e. The van der Waals surface area contributed by atoms with Gasteiger partial charge in [0.1, 0.15) is 5.01 Å². The molecule has 5 N–H and O–H groups in total. The van der Waals surface area contributed by atoms with E-state index < -0.39 is 10.0 Å². The Morgan fingerprint density at radius 1 is 0.941 bits per heavy atom. The third kappa shape index (κ3) is 12.1. The van der Waals surface area contributed by atoms with E-state index in [2.05, 4.69) is 30.3 Å². The molecule has 190 valence electrons. The second kappa shape index (κ2) is 17.0. The second-order valence-corrected chi connectivity index (χ2v) is 9.31. The topological polar surface area (TPSA) is 175 Å². The highest BCUT2D eigenvalue weighted by Gasteiger charge is 2.20. The molecule has 0 bridgehead atoms. The van der Waals surface area contributed by atoms with E-state index in [1.165, 1.54) is 0 Å². The van der Waals surface area contributed by atoms with Crippen LogP contribution in [-0.4, -0.2) is 83.0 Å². The summed E-state index contributed by atoms with van der Waals surface area (Å²) in [4.78, 5) is 21.7. The number of carbonyl (C=O) groups excluding carboxylic acids is 2. The molecule has 0 amide bonds. The van der Waals surface area contributed by atoms with E-state index in [-0.39, 0.29) is 35.9 Å². The standard InChI is InChI=1S/C14H18N4O4S2.C6H14N2O2/c1-2-22-12(19)10-15-8-9-16-24(20,21)14-18-17-13(23-14)11-6-4-3-5-7-11;1-2-10-6(9)5-8-4-3-7/h3-7,15-16H,2,8-10H2,1H3;8H,2-5,7H2,1H3. The van der Waals surface area contributed by atoms with Crippen LogP contribution in [-0.2, 0) is 29.1 Å². The molecule has 1 aromatic carbocycles. The quantitative estimate of drug-likeness (QED) is 0.192. The number of carbonyl (C=O) groups is 2. The Labute approximate surface area is 203 Å². The monoisotopic (exact) mass is 516 g/mol. The van der Waals surface area contributed by atoms with Crippen molar-refractivity contribution in [2.75, 3.05) is 52.5 Å². The van der Waals surface area contributed by atoms with Crippen molar-refractivity contribution in [2.24, 2.45) is 5.73 Å². The zero-order valence-electron chi connectivity index (χ0n) is 19.3. The van der Waals surface area contributed by atoms with Gasteiger partial charge >= 0.3 is 11.9 Å². The van der Waals surface area contributed by atoms with E-state index in [1.54, 1.807) is 13.8 Å². The summed E-state index contributed by atoms with van der Waals surface area (Å²) in [6.45, 7) is 6.15. The van der Waals surface area contributed by atoms with Crippen molar-refractivity contribution < 1.29 is 27.5 Å². The van der Waals surface area contributed by atoms with Gasteiger partial charge in [0, 0.05) is 31.7 Å². The summed E-state index contributed by atoms with van der Waals surface area (Å²) in [5, 5.41) is 13.8. The Balaban J connectivity index is 0.000000489. The Bertz CT molecular complexity index is 955. The molecule has 34 heavy (non-hydrogen) atoms. The van der Waals surface area contributed by atoms with Crippen LogP contribution in [0.4, 0.5) is 0 Å². The number of sulfonamides is 1. The van der Waals surface area contributed by atoms with E-state index >= 15 is 0 Å². The lowest BCUT2D eigenvalue weighted by atomic mass is 10.2. The summed E-state index contributed by atoms with van der Waals surface area (Å²) in [6, 6.07) is 9.23. The first-order valence-electron chi connectivity index (χ1n) is 10.6. The number of hydrogen-bond acceptors (Lipinski definition) is 12. The minimum absolute atomic E-state index is 0.0343. The molecule has 0 aliphatic heterocycles. The van der Waals surface area contributed by atoms with Gasteiger partial charge in [-0.1, -0.05) is 41.7 Å². The number of nitrogens with zero attached hydrogens (tertiary/aromatic N) is 2. The number of esters is 2. The molecule has 1 heterocycles. The molecular weight excluding hydrogens is 484 g/mol. The first kappa shape index (κ1) is 29.5. The van der Waals surface area contributed by atoms with E-state index in [1.807, 2.05) is 30.3 Å². The lowest BCUT2D eigenvalue weighted by Gasteiger charge is -2.05. The molecule has 14 heteroatoms. The van der Waals surface area contributed by atoms with Gasteiger partial charge in [0.15, 0.2) is 0 Å². The molecular formula is C20H32N6O6S2. The van der Waals surface area contributed by atoms with Gasteiger partial charge < -0.3 is 25.8 Å². The van der Waals surface area contributed by atoms with Gasteiger partial charge in [-0.3, -0.25) is 9.59 Å². The highest BCUT2D eigenvalue weighted by Crippen LogP contribution is 2.25. The van der Waals surface area contributed by atoms with Gasteiger partial charge in [0.05, 0.1) is 26.3 Å². The summed E-state index contributed by atoms with van der Waals surface area (Å²) >= 11 is 1.00. The maximum absolute atomic E-state index is 12.2. The van der Waals surface area contributed by atoms with Crippen LogP contribution in [0.3, 0.4) is 0 Å². The molecule has 12 nitrogen and oxygen atoms in total. The van der Waals surface area contributed by atoms with E-state index in [9.17, 15) is 18.0 Å². The molecule has 1 aromatic heterocycles. The lowest BCUT2D eigenvalue weighted by Crippen LogP contribution is -2.34. The molecule has 0 radical (unpaired) electrons. The predicted molar refractivity (Wildman–Crippen MR) is 129 cm³/mol. The van der Waals surface area contributed by atoms with Crippen LogP contribution in [0.5, 0.6) is 0 Å². The number of benzene rings is 1. The third-order valence-corrected chi connectivity index (χ3v) is 6.52. The Morgan fingerprint density at radius 3 is 2.09 bits per heavy atom. The fraction of sp³-hybridized carbons (Fsp3) is 0.500. The molecule has 0 fully saturated rings. The van der Waals surface area contributed by atoms with Gasteiger partial charge in [-0.15, -0.1) is 10.2 Å².